The molecule has 2 aromatic carbocycles. The molecule has 2 saturated heterocycles. The van der Waals surface area contributed by atoms with Crippen molar-refractivity contribution in [2.45, 2.75) is 57.1 Å². The molecule has 1 atom stereocenters. The van der Waals surface area contributed by atoms with E-state index in [2.05, 4.69) is 45.5 Å². The Balaban J connectivity index is 1.23. The molecule has 3 amide bonds. The standard InChI is InChI=1S/C31H32FN5O3/c1-29(2)19-36(17-20-3-5-21(6-4-20)30(18-33)10-11-30)14-12-31(29,40)24-7-8-25-23(27(24)32)15-22(16-34-25)37-13-9-26(38)35-28(37)39/h3-8,15-16,40H,9-14,17,19H2,1-2H3,(H,35,38,39)/t31-/m0/s1. The number of imide groups is 1. The highest BCUT2D eigenvalue weighted by molar-refractivity contribution is 6.06. The number of fused-ring (bicyclic) bond motifs is 1. The third-order valence-corrected chi connectivity index (χ3v) is 9.00. The summed E-state index contributed by atoms with van der Waals surface area (Å²) >= 11 is 0. The van der Waals surface area contributed by atoms with Gasteiger partial charge in [0.25, 0.3) is 0 Å². The van der Waals surface area contributed by atoms with Crippen molar-refractivity contribution in [3.63, 3.8) is 0 Å². The van der Waals surface area contributed by atoms with Crippen molar-refractivity contribution in [1.82, 2.24) is 15.2 Å². The molecule has 40 heavy (non-hydrogen) atoms. The molecule has 0 unspecified atom stereocenters. The van der Waals surface area contributed by atoms with Crippen LogP contribution in [0.15, 0.2) is 48.7 Å². The fraction of sp³-hybridized carbons (Fsp3) is 0.419. The molecule has 3 fully saturated rings. The highest BCUT2D eigenvalue weighted by Crippen LogP contribution is 2.49. The van der Waals surface area contributed by atoms with Crippen LogP contribution in [0.4, 0.5) is 14.9 Å². The van der Waals surface area contributed by atoms with Gasteiger partial charge in [-0.25, -0.2) is 9.18 Å². The predicted octanol–water partition coefficient (Wildman–Crippen LogP) is 4.50. The van der Waals surface area contributed by atoms with Crippen molar-refractivity contribution in [2.24, 2.45) is 5.41 Å². The number of carbonyl (C=O) groups is 2. The largest absolute Gasteiger partial charge is 0.384 e. The van der Waals surface area contributed by atoms with Crippen molar-refractivity contribution in [3.05, 3.63) is 71.2 Å². The SMILES string of the molecule is CC1(C)CN(Cc2ccc(C3(C#N)CC3)cc2)CC[C@]1(O)c1ccc2ncc(N3CCC(=O)NC3=O)cc2c1F. The number of rotatable bonds is 5. The summed E-state index contributed by atoms with van der Waals surface area (Å²) < 4.78 is 16.2. The van der Waals surface area contributed by atoms with E-state index in [9.17, 15) is 20.0 Å². The number of pyridine rings is 1. The van der Waals surface area contributed by atoms with Gasteiger partial charge in [0, 0.05) is 49.0 Å². The maximum atomic E-state index is 16.2. The van der Waals surface area contributed by atoms with Crippen LogP contribution in [0.25, 0.3) is 10.9 Å². The monoisotopic (exact) mass is 541 g/mol. The number of hydrogen-bond acceptors (Lipinski definition) is 6. The molecule has 2 aliphatic heterocycles. The number of hydrogen-bond donors (Lipinski definition) is 2. The predicted molar refractivity (Wildman–Crippen MR) is 148 cm³/mol. The van der Waals surface area contributed by atoms with E-state index in [1.165, 1.54) is 11.1 Å². The molecule has 1 aliphatic carbocycles. The van der Waals surface area contributed by atoms with Gasteiger partial charge in [-0.2, -0.15) is 5.26 Å². The number of urea groups is 1. The molecule has 3 aliphatic rings. The van der Waals surface area contributed by atoms with E-state index in [4.69, 9.17) is 0 Å². The van der Waals surface area contributed by atoms with Crippen molar-refractivity contribution in [2.75, 3.05) is 24.5 Å². The first-order valence-corrected chi connectivity index (χ1v) is 13.7. The highest BCUT2D eigenvalue weighted by Gasteiger charge is 2.50. The average Bonchev–Trinajstić information content (AvgIpc) is 3.73. The van der Waals surface area contributed by atoms with Crippen molar-refractivity contribution in [1.29, 1.82) is 5.26 Å². The van der Waals surface area contributed by atoms with Crippen molar-refractivity contribution >= 4 is 28.5 Å². The smallest absolute Gasteiger partial charge is 0.328 e. The number of nitrogens with one attached hydrogen (secondary N) is 1. The van der Waals surface area contributed by atoms with E-state index >= 15 is 4.39 Å². The van der Waals surface area contributed by atoms with Crippen LogP contribution in [-0.2, 0) is 22.4 Å². The summed E-state index contributed by atoms with van der Waals surface area (Å²) in [4.78, 5) is 31.9. The van der Waals surface area contributed by atoms with Gasteiger partial charge >= 0.3 is 6.03 Å². The minimum Gasteiger partial charge on any atom is -0.384 e. The maximum Gasteiger partial charge on any atom is 0.328 e. The van der Waals surface area contributed by atoms with Crippen molar-refractivity contribution < 1.29 is 19.1 Å². The second-order valence-electron chi connectivity index (χ2n) is 12.0. The van der Waals surface area contributed by atoms with Crippen LogP contribution in [0.2, 0.25) is 0 Å². The normalized spacial score (nSPS) is 24.0. The van der Waals surface area contributed by atoms with Gasteiger partial charge in [0.1, 0.15) is 5.82 Å². The van der Waals surface area contributed by atoms with Gasteiger partial charge in [0.2, 0.25) is 5.91 Å². The van der Waals surface area contributed by atoms with Gasteiger partial charge in [0.05, 0.1) is 34.5 Å². The summed E-state index contributed by atoms with van der Waals surface area (Å²) in [6, 6.07) is 15.0. The molecular formula is C31H32FN5O3. The number of anilines is 1. The number of carbonyl (C=O) groups excluding carboxylic acids is 2. The number of benzene rings is 2. The number of amides is 3. The molecular weight excluding hydrogens is 509 g/mol. The Morgan fingerprint density at radius 1 is 1.10 bits per heavy atom. The molecule has 8 nitrogen and oxygen atoms in total. The molecule has 9 heteroatoms. The van der Waals surface area contributed by atoms with E-state index < -0.39 is 22.9 Å². The quantitative estimate of drug-likeness (QED) is 0.493. The Morgan fingerprint density at radius 2 is 1.85 bits per heavy atom. The molecule has 1 aromatic heterocycles. The number of halogens is 1. The van der Waals surface area contributed by atoms with Gasteiger partial charge in [0.15, 0.2) is 0 Å². The van der Waals surface area contributed by atoms with E-state index in [1.807, 2.05) is 13.8 Å². The summed E-state index contributed by atoms with van der Waals surface area (Å²) in [7, 11) is 0. The van der Waals surface area contributed by atoms with E-state index in [-0.39, 0.29) is 35.2 Å². The number of piperidine rings is 1. The third kappa shape index (κ3) is 4.32. The molecule has 0 spiro atoms. The van der Waals surface area contributed by atoms with Gasteiger partial charge < -0.3 is 5.11 Å². The Labute approximate surface area is 232 Å². The maximum absolute atomic E-state index is 16.2. The zero-order valence-electron chi connectivity index (χ0n) is 22.7. The molecule has 0 radical (unpaired) electrons. The number of nitrogens with zero attached hydrogens (tertiary/aromatic N) is 4. The van der Waals surface area contributed by atoms with E-state index in [0.29, 0.717) is 37.3 Å². The summed E-state index contributed by atoms with van der Waals surface area (Å²) in [6.45, 7) is 5.95. The van der Waals surface area contributed by atoms with Gasteiger partial charge in [-0.15, -0.1) is 0 Å². The Bertz CT molecular complexity index is 1560. The highest BCUT2D eigenvalue weighted by atomic mass is 19.1. The van der Waals surface area contributed by atoms with Crippen LogP contribution in [0.1, 0.15) is 56.2 Å². The zero-order valence-corrected chi connectivity index (χ0v) is 22.7. The van der Waals surface area contributed by atoms with E-state index in [1.54, 1.807) is 18.2 Å². The fourth-order valence-electron chi connectivity index (χ4n) is 6.27. The molecule has 0 bridgehead atoms. The Hall–Kier alpha value is -3.87. The first kappa shape index (κ1) is 26.4. The molecule has 6 rings (SSSR count). The molecule has 3 aromatic rings. The minimum absolute atomic E-state index is 0.154. The van der Waals surface area contributed by atoms with Crippen LogP contribution in [0.5, 0.6) is 0 Å². The third-order valence-electron chi connectivity index (χ3n) is 9.00. The topological polar surface area (TPSA) is 110 Å². The summed E-state index contributed by atoms with van der Waals surface area (Å²) in [5.41, 5.74) is 0.856. The summed E-state index contributed by atoms with van der Waals surface area (Å²) in [5, 5.41) is 24.0. The Morgan fingerprint density at radius 3 is 2.50 bits per heavy atom. The van der Waals surface area contributed by atoms with Gasteiger partial charge in [-0.3, -0.25) is 24.9 Å². The lowest BCUT2D eigenvalue weighted by Crippen LogP contribution is -2.55. The van der Waals surface area contributed by atoms with Gasteiger partial charge in [-0.05, 0) is 42.5 Å². The molecule has 206 valence electrons. The summed E-state index contributed by atoms with van der Waals surface area (Å²) in [6.07, 6.45) is 3.83. The number of aliphatic hydroxyl groups is 1. The van der Waals surface area contributed by atoms with Crippen LogP contribution >= 0.6 is 0 Å². The zero-order chi connectivity index (χ0) is 28.3. The van der Waals surface area contributed by atoms with Crippen LogP contribution in [0, 0.1) is 22.6 Å². The molecule has 3 heterocycles. The number of nitriles is 1. The van der Waals surface area contributed by atoms with Gasteiger partial charge in [-0.1, -0.05) is 44.2 Å². The second-order valence-corrected chi connectivity index (χ2v) is 12.0. The Kier molecular flexibility index (Phi) is 6.17. The minimum atomic E-state index is -1.41. The first-order chi connectivity index (χ1) is 19.0. The van der Waals surface area contributed by atoms with Crippen LogP contribution in [-0.4, -0.2) is 46.6 Å². The lowest BCUT2D eigenvalue weighted by atomic mass is 9.66. The van der Waals surface area contributed by atoms with Crippen LogP contribution < -0.4 is 10.2 Å². The van der Waals surface area contributed by atoms with E-state index in [0.717, 1.165) is 24.0 Å². The lowest BCUT2D eigenvalue weighted by Gasteiger charge is -2.50. The molecule has 1 saturated carbocycles. The first-order valence-electron chi connectivity index (χ1n) is 13.7. The van der Waals surface area contributed by atoms with Crippen LogP contribution in [0.3, 0.4) is 0 Å². The second kappa shape index (κ2) is 9.36. The number of likely N-dealkylation sites (tertiary alicyclic amines) is 1. The fourth-order valence-corrected chi connectivity index (χ4v) is 6.27. The number of aromatic nitrogens is 1. The average molecular weight is 542 g/mol. The van der Waals surface area contributed by atoms with Crippen molar-refractivity contribution in [3.8, 4) is 6.07 Å². The molecule has 2 N–H and O–H groups in total. The lowest BCUT2D eigenvalue weighted by molar-refractivity contribution is -0.128. The summed E-state index contributed by atoms with van der Waals surface area (Å²) in [5.74, 6) is -0.895.